The molecule has 4 rings (SSSR count). The number of aromatic nitrogens is 2. The molecule has 232 valence electrons. The standard InChI is InChI=1S/C13H9N3.C12H10N2O.7CO.2Mo/c1-14-11-5-7-12(8-6-11)16-10-13-4-2-3-9-15-13;15-12-6-4-10(5-7-12)14-9-11-3-1-2-8-13-11;7*1-2;;/h2-10H;1-9,15H;;;;;;;;;. The van der Waals surface area contributed by atoms with Gasteiger partial charge in [-0.3, -0.25) is 20.0 Å². The minimum atomic E-state index is 0. The average Bonchev–Trinajstić information content (AvgIpc) is 3.17. The van der Waals surface area contributed by atoms with Crippen molar-refractivity contribution >= 4 is 29.5 Å². The summed E-state index contributed by atoms with van der Waals surface area (Å²) in [4.78, 5) is 20.0. The van der Waals surface area contributed by atoms with E-state index in [4.69, 9.17) is 44.2 Å². The molecular weight excluding hydrogens is 774 g/mol. The van der Waals surface area contributed by atoms with Gasteiger partial charge in [0.25, 0.3) is 0 Å². The number of hydrogen-bond donors (Lipinski definition) is 1. The molecule has 0 amide bonds. The van der Waals surface area contributed by atoms with Crippen molar-refractivity contribution in [3.05, 3.63) is 167 Å². The Labute approximate surface area is 300 Å². The number of benzene rings is 2. The number of rotatable bonds is 4. The first-order chi connectivity index (χ1) is 22.2. The van der Waals surface area contributed by atoms with Gasteiger partial charge < -0.3 is 5.11 Å². The summed E-state index contributed by atoms with van der Waals surface area (Å²) in [5.74, 6) is 0.242. The summed E-state index contributed by atoms with van der Waals surface area (Å²) in [5.41, 5.74) is 3.86. The predicted octanol–water partition coefficient (Wildman–Crippen LogP) is 5.65. The quantitative estimate of drug-likeness (QED) is 0.120. The van der Waals surface area contributed by atoms with E-state index in [0.29, 0.717) is 5.69 Å². The van der Waals surface area contributed by atoms with Gasteiger partial charge in [-0.05, 0) is 60.7 Å². The SMILES string of the molecule is Oc1ccc(N=Cc2ccccn2)cc1.[C-]#[N+]c1ccc(N=Cc2ccccn2)cc1.[C-]#[O+].[C-]#[O+].[C-]#[O+].[C-]#[O+].[C-]#[O+].[C-]#[O+].[C-]#[O+].[Mo].[Mo]. The number of hydrogen-bond acceptors (Lipinski definition) is 5. The third-order valence-electron chi connectivity index (χ3n) is 3.90. The van der Waals surface area contributed by atoms with Crippen molar-refractivity contribution in [2.75, 3.05) is 0 Å². The summed E-state index contributed by atoms with van der Waals surface area (Å²) in [5, 5.41) is 9.08. The zero-order valence-corrected chi connectivity index (χ0v) is 27.8. The van der Waals surface area contributed by atoms with Crippen molar-refractivity contribution in [1.82, 2.24) is 9.97 Å². The second-order valence-electron chi connectivity index (χ2n) is 6.17. The molecule has 0 unspecified atom stereocenters. The van der Waals surface area contributed by atoms with Crippen LogP contribution >= 0.6 is 0 Å². The number of pyridine rings is 2. The summed E-state index contributed by atoms with van der Waals surface area (Å²) in [6, 6.07) is 25.1. The third kappa shape index (κ3) is 33.7. The normalized spacial score (nSPS) is 7.17. The molecule has 2 aromatic heterocycles. The van der Waals surface area contributed by atoms with Gasteiger partial charge in [0.15, 0.2) is 5.69 Å². The fourth-order valence-electron chi connectivity index (χ4n) is 2.34. The van der Waals surface area contributed by atoms with Gasteiger partial charge in [0.1, 0.15) is 5.75 Å². The molecule has 0 atom stereocenters. The van der Waals surface area contributed by atoms with Crippen molar-refractivity contribution in [2.45, 2.75) is 0 Å². The van der Waals surface area contributed by atoms with E-state index in [1.54, 1.807) is 61.2 Å². The molecule has 0 aliphatic rings. The number of aliphatic imine (C=N–C) groups is 2. The molecule has 0 aliphatic heterocycles. The molecule has 13 nitrogen and oxygen atoms in total. The smallest absolute Gasteiger partial charge is 0 e. The molecule has 0 bridgehead atoms. The first kappa shape index (κ1) is 57.6. The van der Waals surface area contributed by atoms with Crippen LogP contribution in [-0.2, 0) is 74.7 Å². The first-order valence-electron chi connectivity index (χ1n) is 10.8. The molecular formula is C32H19Mo2N5O8. The zero-order valence-electron chi connectivity index (χ0n) is 23.7. The number of phenols is 1. The monoisotopic (exact) mass is 797 g/mol. The minimum Gasteiger partial charge on any atom is 0 e. The Morgan fingerprint density at radius 3 is 1.11 bits per heavy atom. The average molecular weight is 793 g/mol. The summed E-state index contributed by atoms with van der Waals surface area (Å²) in [7, 11) is 0. The Balaban J connectivity index is -0.0000000963. The van der Waals surface area contributed by atoms with Crippen LogP contribution in [0.4, 0.5) is 17.1 Å². The van der Waals surface area contributed by atoms with E-state index in [2.05, 4.69) is 71.4 Å². The van der Waals surface area contributed by atoms with Crippen LogP contribution in [0.2, 0.25) is 0 Å². The molecule has 0 aliphatic carbocycles. The number of nitrogens with zero attached hydrogens (tertiary/aromatic N) is 5. The van der Waals surface area contributed by atoms with Crippen LogP contribution in [0.1, 0.15) is 11.4 Å². The minimum absolute atomic E-state index is 0. The predicted molar refractivity (Wildman–Crippen MR) is 151 cm³/mol. The van der Waals surface area contributed by atoms with Gasteiger partial charge in [0.05, 0.1) is 41.8 Å². The van der Waals surface area contributed by atoms with Crippen LogP contribution in [-0.4, -0.2) is 27.5 Å². The summed E-state index contributed by atoms with van der Waals surface area (Å²) >= 11 is 0. The Kier molecular flexibility index (Phi) is 61.9. The van der Waals surface area contributed by atoms with Crippen LogP contribution in [0.25, 0.3) is 4.85 Å². The Morgan fingerprint density at radius 1 is 0.511 bits per heavy atom. The van der Waals surface area contributed by atoms with Crippen molar-refractivity contribution in [3.63, 3.8) is 0 Å². The van der Waals surface area contributed by atoms with Crippen molar-refractivity contribution < 1.29 is 79.8 Å². The summed E-state index contributed by atoms with van der Waals surface area (Å²) < 4.78 is 52.5. The van der Waals surface area contributed by atoms with Crippen LogP contribution in [0.3, 0.4) is 0 Å². The maximum Gasteiger partial charge on any atom is 0 e. The second kappa shape index (κ2) is 50.5. The molecule has 0 fully saturated rings. The van der Waals surface area contributed by atoms with Crippen molar-refractivity contribution in [1.29, 1.82) is 0 Å². The van der Waals surface area contributed by atoms with Gasteiger partial charge >= 0.3 is 79.1 Å². The molecule has 47 heavy (non-hydrogen) atoms. The van der Waals surface area contributed by atoms with Gasteiger partial charge in [-0.2, -0.15) is 0 Å². The molecule has 0 saturated heterocycles. The Bertz CT molecular complexity index is 1450. The fraction of sp³-hybridized carbons (Fsp3) is 0. The molecule has 0 radical (unpaired) electrons. The van der Waals surface area contributed by atoms with E-state index in [1.807, 2.05) is 48.5 Å². The largest absolute Gasteiger partial charge is 0 e. The molecule has 2 heterocycles. The van der Waals surface area contributed by atoms with E-state index < -0.39 is 0 Å². The van der Waals surface area contributed by atoms with E-state index in [9.17, 15) is 0 Å². The van der Waals surface area contributed by atoms with Crippen molar-refractivity contribution in [2.24, 2.45) is 9.98 Å². The number of aromatic hydroxyl groups is 1. The van der Waals surface area contributed by atoms with Gasteiger partial charge in [-0.15, -0.1) is 0 Å². The van der Waals surface area contributed by atoms with Crippen LogP contribution < -0.4 is 0 Å². The number of phenolic OH excluding ortho intramolecular Hbond substituents is 1. The van der Waals surface area contributed by atoms with Crippen LogP contribution in [0.5, 0.6) is 5.75 Å². The molecule has 1 N–H and O–H groups in total. The maximum atomic E-state index is 9.08. The van der Waals surface area contributed by atoms with Gasteiger partial charge in [-0.1, -0.05) is 24.3 Å². The van der Waals surface area contributed by atoms with E-state index in [0.717, 1.165) is 22.8 Å². The topological polar surface area (TPSA) is 214 Å². The van der Waals surface area contributed by atoms with Gasteiger partial charge in [0.2, 0.25) is 0 Å². The third-order valence-corrected chi connectivity index (χ3v) is 3.90. The molecule has 15 heteroatoms. The second-order valence-corrected chi connectivity index (χ2v) is 6.17. The van der Waals surface area contributed by atoms with E-state index in [-0.39, 0.29) is 47.9 Å². The first-order valence-corrected chi connectivity index (χ1v) is 10.8. The molecule has 4 aromatic rings. The Morgan fingerprint density at radius 2 is 0.830 bits per heavy atom. The maximum absolute atomic E-state index is 9.08. The van der Waals surface area contributed by atoms with Gasteiger partial charge in [0, 0.05) is 54.5 Å². The molecule has 2 aromatic carbocycles. The molecule has 0 saturated carbocycles. The van der Waals surface area contributed by atoms with Gasteiger partial charge in [-0.25, -0.2) is 4.85 Å². The zero-order chi connectivity index (χ0) is 35.7. The summed E-state index contributed by atoms with van der Waals surface area (Å²) in [6.45, 7) is 38.3. The fourth-order valence-corrected chi connectivity index (χ4v) is 2.34. The Hall–Kier alpha value is -5.07. The summed E-state index contributed by atoms with van der Waals surface area (Å²) in [6.07, 6.45) is 6.83. The van der Waals surface area contributed by atoms with Crippen LogP contribution in [0, 0.1) is 53.1 Å². The molecule has 0 spiro atoms. The van der Waals surface area contributed by atoms with E-state index in [1.165, 1.54) is 0 Å². The van der Waals surface area contributed by atoms with Crippen molar-refractivity contribution in [3.8, 4) is 5.75 Å². The van der Waals surface area contributed by atoms with E-state index >= 15 is 0 Å². The van der Waals surface area contributed by atoms with Crippen LogP contribution in [0.15, 0.2) is 107 Å².